The minimum Gasteiger partial charge on any atom is -0.406 e. The van der Waals surface area contributed by atoms with Crippen molar-refractivity contribution in [2.75, 3.05) is 13.1 Å². The molecule has 1 N–H and O–H groups in total. The Hall–Kier alpha value is -1.73. The van der Waals surface area contributed by atoms with Crippen molar-refractivity contribution in [2.24, 2.45) is 4.99 Å². The van der Waals surface area contributed by atoms with Crippen molar-refractivity contribution in [3.05, 3.63) is 62.6 Å². The van der Waals surface area contributed by atoms with Crippen LogP contribution in [0.5, 0.6) is 5.75 Å². The van der Waals surface area contributed by atoms with Crippen LogP contribution in [0.2, 0.25) is 5.02 Å². The lowest BCUT2D eigenvalue weighted by molar-refractivity contribution is -0.274. The van der Waals surface area contributed by atoms with E-state index in [1.807, 2.05) is 12.1 Å². The van der Waals surface area contributed by atoms with E-state index in [9.17, 15) is 13.2 Å². The smallest absolute Gasteiger partial charge is 0.406 e. The molecular weight excluding hydrogens is 433 g/mol. The topological polar surface area (TPSA) is 33.6 Å². The van der Waals surface area contributed by atoms with Crippen LogP contribution in [-0.2, 0) is 12.8 Å². The van der Waals surface area contributed by atoms with Crippen LogP contribution in [0.3, 0.4) is 0 Å². The minimum absolute atomic E-state index is 0.203. The second-order valence-corrected chi connectivity index (χ2v) is 7.05. The average molecular weight is 448 g/mol. The predicted octanol–water partition coefficient (Wildman–Crippen LogP) is 5.14. The summed E-state index contributed by atoms with van der Waals surface area (Å²) in [7, 11) is 0. The lowest BCUT2D eigenvalue weighted by atomic mass is 9.98. The molecule has 3 nitrogen and oxygen atoms in total. The highest BCUT2D eigenvalue weighted by molar-refractivity contribution is 9.10. The first kappa shape index (κ1) is 19.0. The van der Waals surface area contributed by atoms with Crippen LogP contribution in [0.4, 0.5) is 13.2 Å². The van der Waals surface area contributed by atoms with Crippen molar-refractivity contribution in [3.63, 3.8) is 0 Å². The fourth-order valence-electron chi connectivity index (χ4n) is 2.84. The van der Waals surface area contributed by atoms with Crippen LogP contribution in [-0.4, -0.2) is 25.3 Å². The van der Waals surface area contributed by atoms with E-state index in [1.165, 1.54) is 12.1 Å². The molecule has 2 aromatic carbocycles. The van der Waals surface area contributed by atoms with Gasteiger partial charge in [-0.1, -0.05) is 39.7 Å². The summed E-state index contributed by atoms with van der Waals surface area (Å²) in [6.45, 7) is 1.45. The molecule has 2 aromatic rings. The summed E-state index contributed by atoms with van der Waals surface area (Å²) in [6.07, 6.45) is -3.93. The number of rotatable bonds is 5. The molecule has 1 aliphatic heterocycles. The van der Waals surface area contributed by atoms with Crippen LogP contribution < -0.4 is 10.1 Å². The Labute approximate surface area is 162 Å². The molecule has 0 bridgehead atoms. The second-order valence-electron chi connectivity index (χ2n) is 5.72. The lowest BCUT2D eigenvalue weighted by Gasteiger charge is -2.15. The zero-order valence-electron chi connectivity index (χ0n) is 13.5. The molecule has 0 spiro atoms. The van der Waals surface area contributed by atoms with Gasteiger partial charge in [0.15, 0.2) is 0 Å². The highest BCUT2D eigenvalue weighted by Crippen LogP contribution is 2.31. The number of hydrogen-bond acceptors (Lipinski definition) is 3. The van der Waals surface area contributed by atoms with Crippen molar-refractivity contribution in [2.45, 2.75) is 19.2 Å². The van der Waals surface area contributed by atoms with E-state index in [0.29, 0.717) is 34.4 Å². The first-order valence-electron chi connectivity index (χ1n) is 7.94. The van der Waals surface area contributed by atoms with E-state index in [4.69, 9.17) is 11.6 Å². The van der Waals surface area contributed by atoms with Gasteiger partial charge in [0.1, 0.15) is 11.6 Å². The molecule has 0 atom stereocenters. The third-order valence-electron chi connectivity index (χ3n) is 3.94. The molecule has 26 heavy (non-hydrogen) atoms. The van der Waals surface area contributed by atoms with Crippen molar-refractivity contribution >= 4 is 33.4 Å². The zero-order valence-corrected chi connectivity index (χ0v) is 15.9. The Morgan fingerprint density at radius 3 is 2.69 bits per heavy atom. The summed E-state index contributed by atoms with van der Waals surface area (Å²) in [6, 6.07) is 9.96. The van der Waals surface area contributed by atoms with E-state index in [1.54, 1.807) is 12.1 Å². The third kappa shape index (κ3) is 4.71. The molecule has 1 heterocycles. The number of ether oxygens (including phenoxy) is 1. The molecular formula is C18H15BrClF3N2O. The number of alkyl halides is 3. The fourth-order valence-corrected chi connectivity index (χ4v) is 3.52. The maximum atomic E-state index is 12.6. The largest absolute Gasteiger partial charge is 0.573 e. The number of nitrogens with one attached hydrogen (secondary N) is 1. The van der Waals surface area contributed by atoms with Crippen LogP contribution in [0, 0.1) is 0 Å². The summed E-state index contributed by atoms with van der Waals surface area (Å²) in [5.74, 6) is 0.564. The summed E-state index contributed by atoms with van der Waals surface area (Å²) in [5.41, 5.74) is 2.17. The van der Waals surface area contributed by atoms with Crippen molar-refractivity contribution < 1.29 is 17.9 Å². The lowest BCUT2D eigenvalue weighted by Crippen LogP contribution is -2.21. The molecule has 0 unspecified atom stereocenters. The van der Waals surface area contributed by atoms with Crippen LogP contribution >= 0.6 is 27.5 Å². The molecule has 1 aliphatic rings. The van der Waals surface area contributed by atoms with Gasteiger partial charge >= 0.3 is 6.36 Å². The molecule has 0 aliphatic carbocycles. The van der Waals surface area contributed by atoms with Gasteiger partial charge in [-0.2, -0.15) is 0 Å². The summed E-state index contributed by atoms with van der Waals surface area (Å²) >= 11 is 9.64. The summed E-state index contributed by atoms with van der Waals surface area (Å²) in [5, 5.41) is 3.76. The molecule has 0 aromatic heterocycles. The number of amidine groups is 1. The highest BCUT2D eigenvalue weighted by atomic mass is 79.9. The molecule has 3 rings (SSSR count). The average Bonchev–Trinajstić information content (AvgIpc) is 3.09. The number of aryl methyl sites for hydroxylation is 1. The molecule has 0 radical (unpaired) electrons. The van der Waals surface area contributed by atoms with E-state index >= 15 is 0 Å². The molecule has 0 fully saturated rings. The Kier molecular flexibility index (Phi) is 5.77. The Morgan fingerprint density at radius 1 is 1.19 bits per heavy atom. The van der Waals surface area contributed by atoms with Crippen LogP contribution in [0.15, 0.2) is 45.9 Å². The van der Waals surface area contributed by atoms with E-state index < -0.39 is 6.36 Å². The van der Waals surface area contributed by atoms with Gasteiger partial charge in [-0.3, -0.25) is 4.99 Å². The van der Waals surface area contributed by atoms with Crippen molar-refractivity contribution in [1.82, 2.24) is 5.32 Å². The molecule has 0 saturated carbocycles. The van der Waals surface area contributed by atoms with Crippen molar-refractivity contribution in [1.29, 1.82) is 0 Å². The maximum Gasteiger partial charge on any atom is 0.573 e. The molecule has 0 saturated heterocycles. The minimum atomic E-state index is -4.74. The first-order valence-corrected chi connectivity index (χ1v) is 9.11. The Balaban J connectivity index is 1.87. The quantitative estimate of drug-likeness (QED) is 0.689. The monoisotopic (exact) mass is 446 g/mol. The standard InChI is InChI=1S/C18H15BrClF3N2O/c19-12-5-7-16(26-18(21,22)23)11(10-12)4-6-13-14(2-1-3-15(13)20)17-24-8-9-25-17/h1-3,5,7,10H,4,6,8-9H2,(H,24,25). The summed E-state index contributed by atoms with van der Waals surface area (Å²) < 4.78 is 42.7. The molecule has 138 valence electrons. The highest BCUT2D eigenvalue weighted by Gasteiger charge is 2.32. The number of aliphatic imine (C=N–C) groups is 1. The van der Waals surface area contributed by atoms with Gasteiger partial charge in [-0.05, 0) is 48.2 Å². The Bertz CT molecular complexity index is 840. The maximum absolute atomic E-state index is 12.6. The van der Waals surface area contributed by atoms with E-state index in [0.717, 1.165) is 23.5 Å². The number of benzene rings is 2. The normalized spacial score (nSPS) is 14.1. The fraction of sp³-hybridized carbons (Fsp3) is 0.278. The van der Waals surface area contributed by atoms with Gasteiger partial charge < -0.3 is 10.1 Å². The number of halogens is 5. The van der Waals surface area contributed by atoms with Gasteiger partial charge in [0.05, 0.1) is 6.54 Å². The van der Waals surface area contributed by atoms with Gasteiger partial charge in [0.2, 0.25) is 0 Å². The van der Waals surface area contributed by atoms with E-state index in [-0.39, 0.29) is 5.75 Å². The SMILES string of the molecule is FC(F)(F)Oc1ccc(Br)cc1CCc1c(Cl)cccc1C1=NCCN1. The number of nitrogens with zero attached hydrogens (tertiary/aromatic N) is 1. The number of hydrogen-bond donors (Lipinski definition) is 1. The van der Waals surface area contributed by atoms with E-state index in [2.05, 4.69) is 31.0 Å². The zero-order chi connectivity index (χ0) is 18.7. The Morgan fingerprint density at radius 2 is 2.00 bits per heavy atom. The molecule has 0 amide bonds. The van der Waals surface area contributed by atoms with Gasteiger partial charge in [0, 0.05) is 21.6 Å². The third-order valence-corrected chi connectivity index (χ3v) is 4.79. The van der Waals surface area contributed by atoms with Gasteiger partial charge in [0.25, 0.3) is 0 Å². The van der Waals surface area contributed by atoms with Crippen LogP contribution in [0.25, 0.3) is 0 Å². The van der Waals surface area contributed by atoms with Gasteiger partial charge in [-0.25, -0.2) is 0 Å². The van der Waals surface area contributed by atoms with Crippen molar-refractivity contribution in [3.8, 4) is 5.75 Å². The summed E-state index contributed by atoms with van der Waals surface area (Å²) in [4.78, 5) is 4.41. The molecule has 8 heteroatoms. The predicted molar refractivity (Wildman–Crippen MR) is 99.1 cm³/mol. The first-order chi connectivity index (χ1) is 12.3. The van der Waals surface area contributed by atoms with Gasteiger partial charge in [-0.15, -0.1) is 13.2 Å². The second kappa shape index (κ2) is 7.88. The van der Waals surface area contributed by atoms with Crippen LogP contribution in [0.1, 0.15) is 16.7 Å².